The van der Waals surface area contributed by atoms with E-state index in [-0.39, 0.29) is 18.1 Å². The standard InChI is InChI=1S/C14H18ClNO4S/c1-3-20-14(17)16(12-6-7-21(18,19)9-12)13-8-11(15)5-4-10(13)2/h4-5,8,12H,3,6-7,9H2,1-2H3. The highest BCUT2D eigenvalue weighted by Gasteiger charge is 2.36. The molecule has 1 fully saturated rings. The Bertz CT molecular complexity index is 644. The number of carbonyl (C=O) groups is 1. The van der Waals surface area contributed by atoms with Crippen molar-refractivity contribution < 1.29 is 17.9 Å². The summed E-state index contributed by atoms with van der Waals surface area (Å²) in [7, 11) is -3.10. The molecule has 1 amide bonds. The molecule has 1 aromatic carbocycles. The van der Waals surface area contributed by atoms with Gasteiger partial charge in [0, 0.05) is 5.02 Å². The minimum absolute atomic E-state index is 0.0439. The highest BCUT2D eigenvalue weighted by atomic mass is 35.5. The zero-order chi connectivity index (χ0) is 15.6. The summed E-state index contributed by atoms with van der Waals surface area (Å²) in [5.74, 6) is 0.0466. The first-order chi connectivity index (χ1) is 9.84. The number of rotatable bonds is 3. The van der Waals surface area contributed by atoms with Gasteiger partial charge in [0.25, 0.3) is 0 Å². The second kappa shape index (κ2) is 6.23. The lowest BCUT2D eigenvalue weighted by atomic mass is 10.1. The summed E-state index contributed by atoms with van der Waals surface area (Å²) in [5.41, 5.74) is 1.44. The molecule has 1 saturated heterocycles. The molecule has 1 aliphatic heterocycles. The number of aryl methyl sites for hydroxylation is 1. The topological polar surface area (TPSA) is 63.7 Å². The molecule has 0 bridgehead atoms. The van der Waals surface area contributed by atoms with Crippen LogP contribution in [0, 0.1) is 6.92 Å². The SMILES string of the molecule is CCOC(=O)N(c1cc(Cl)ccc1C)C1CCS(=O)(=O)C1. The van der Waals surface area contributed by atoms with Gasteiger partial charge in [-0.15, -0.1) is 0 Å². The van der Waals surface area contributed by atoms with E-state index in [9.17, 15) is 13.2 Å². The summed E-state index contributed by atoms with van der Waals surface area (Å²) in [5, 5.41) is 0.491. The third kappa shape index (κ3) is 3.68. The second-order valence-electron chi connectivity index (χ2n) is 5.06. The van der Waals surface area contributed by atoms with Crippen LogP contribution in [0.3, 0.4) is 0 Å². The Hall–Kier alpha value is -1.27. The Kier molecular flexibility index (Phi) is 4.78. The third-order valence-electron chi connectivity index (χ3n) is 3.47. The normalized spacial score (nSPS) is 20.2. The Labute approximate surface area is 129 Å². The maximum Gasteiger partial charge on any atom is 0.414 e. The molecule has 1 aliphatic rings. The van der Waals surface area contributed by atoms with E-state index in [2.05, 4.69) is 0 Å². The minimum Gasteiger partial charge on any atom is -0.449 e. The Morgan fingerprint density at radius 3 is 2.76 bits per heavy atom. The fraction of sp³-hybridized carbons (Fsp3) is 0.500. The van der Waals surface area contributed by atoms with Crippen LogP contribution < -0.4 is 4.90 Å². The van der Waals surface area contributed by atoms with Gasteiger partial charge in [-0.1, -0.05) is 17.7 Å². The van der Waals surface area contributed by atoms with Crippen LogP contribution in [-0.4, -0.2) is 38.7 Å². The van der Waals surface area contributed by atoms with Gasteiger partial charge in [0.05, 0.1) is 29.8 Å². The lowest BCUT2D eigenvalue weighted by Crippen LogP contribution is -2.42. The van der Waals surface area contributed by atoms with Crippen LogP contribution in [0.15, 0.2) is 18.2 Å². The molecule has 1 heterocycles. The number of ether oxygens (including phenoxy) is 1. The summed E-state index contributed by atoms with van der Waals surface area (Å²) < 4.78 is 28.5. The number of carbonyl (C=O) groups excluding carboxylic acids is 1. The van der Waals surface area contributed by atoms with Crippen molar-refractivity contribution in [1.29, 1.82) is 0 Å². The van der Waals surface area contributed by atoms with Crippen LogP contribution in [0.1, 0.15) is 18.9 Å². The van der Waals surface area contributed by atoms with E-state index in [0.29, 0.717) is 17.1 Å². The average molecular weight is 332 g/mol. The number of hydrogen-bond acceptors (Lipinski definition) is 4. The molecule has 0 radical (unpaired) electrons. The fourth-order valence-corrected chi connectivity index (χ4v) is 4.32. The zero-order valence-corrected chi connectivity index (χ0v) is 13.6. The predicted octanol–water partition coefficient (Wildman–Crippen LogP) is 2.80. The fourth-order valence-electron chi connectivity index (χ4n) is 2.46. The van der Waals surface area contributed by atoms with Crippen molar-refractivity contribution in [2.45, 2.75) is 26.3 Å². The monoisotopic (exact) mass is 331 g/mol. The maximum atomic E-state index is 12.3. The van der Waals surface area contributed by atoms with E-state index in [4.69, 9.17) is 16.3 Å². The van der Waals surface area contributed by atoms with Gasteiger partial charge in [-0.05, 0) is 38.0 Å². The number of amides is 1. The maximum absolute atomic E-state index is 12.3. The van der Waals surface area contributed by atoms with Gasteiger partial charge in [-0.25, -0.2) is 13.2 Å². The van der Waals surface area contributed by atoms with E-state index in [1.54, 1.807) is 25.1 Å². The zero-order valence-electron chi connectivity index (χ0n) is 12.0. The molecule has 2 rings (SSSR count). The number of hydrogen-bond donors (Lipinski definition) is 0. The van der Waals surface area contributed by atoms with Crippen molar-refractivity contribution in [2.75, 3.05) is 23.0 Å². The highest BCUT2D eigenvalue weighted by Crippen LogP contribution is 2.30. The van der Waals surface area contributed by atoms with Crippen LogP contribution in [0.25, 0.3) is 0 Å². The van der Waals surface area contributed by atoms with Gasteiger partial charge >= 0.3 is 6.09 Å². The number of halogens is 1. The number of sulfone groups is 1. The molecule has 0 spiro atoms. The van der Waals surface area contributed by atoms with E-state index < -0.39 is 22.0 Å². The van der Waals surface area contributed by atoms with Crippen molar-refractivity contribution in [1.82, 2.24) is 0 Å². The summed E-state index contributed by atoms with van der Waals surface area (Å²) >= 11 is 6.01. The third-order valence-corrected chi connectivity index (χ3v) is 5.45. The van der Waals surface area contributed by atoms with Crippen molar-refractivity contribution in [3.05, 3.63) is 28.8 Å². The van der Waals surface area contributed by atoms with Crippen LogP contribution in [0.2, 0.25) is 5.02 Å². The largest absolute Gasteiger partial charge is 0.449 e. The lowest BCUT2D eigenvalue weighted by molar-refractivity contribution is 0.157. The summed E-state index contributed by atoms with van der Waals surface area (Å²) in [6.45, 7) is 3.79. The van der Waals surface area contributed by atoms with E-state index in [1.807, 2.05) is 6.92 Å². The molecule has 0 N–H and O–H groups in total. The molecule has 1 aromatic rings. The van der Waals surface area contributed by atoms with Gasteiger partial charge in [-0.3, -0.25) is 4.90 Å². The lowest BCUT2D eigenvalue weighted by Gasteiger charge is -2.28. The van der Waals surface area contributed by atoms with Gasteiger partial charge in [0.1, 0.15) is 0 Å². The Morgan fingerprint density at radius 2 is 2.19 bits per heavy atom. The van der Waals surface area contributed by atoms with Crippen LogP contribution in [0.5, 0.6) is 0 Å². The average Bonchev–Trinajstić information content (AvgIpc) is 2.74. The molecule has 0 aliphatic carbocycles. The van der Waals surface area contributed by atoms with Crippen LogP contribution >= 0.6 is 11.6 Å². The van der Waals surface area contributed by atoms with E-state index in [0.717, 1.165) is 5.56 Å². The van der Waals surface area contributed by atoms with Gasteiger partial charge in [-0.2, -0.15) is 0 Å². The van der Waals surface area contributed by atoms with Gasteiger partial charge in [0.15, 0.2) is 9.84 Å². The molecule has 5 nitrogen and oxygen atoms in total. The highest BCUT2D eigenvalue weighted by molar-refractivity contribution is 7.91. The molecule has 1 unspecified atom stereocenters. The molecule has 1 atom stereocenters. The predicted molar refractivity (Wildman–Crippen MR) is 82.7 cm³/mol. The summed E-state index contributed by atoms with van der Waals surface area (Å²) in [6, 6.07) is 4.78. The Balaban J connectivity index is 2.41. The first kappa shape index (κ1) is 16.1. The molecule has 0 aromatic heterocycles. The second-order valence-corrected chi connectivity index (χ2v) is 7.72. The summed E-state index contributed by atoms with van der Waals surface area (Å²) in [4.78, 5) is 13.7. The van der Waals surface area contributed by atoms with Gasteiger partial charge in [0.2, 0.25) is 0 Å². The summed E-state index contributed by atoms with van der Waals surface area (Å²) in [6.07, 6.45) is -0.127. The van der Waals surface area contributed by atoms with E-state index in [1.165, 1.54) is 4.90 Å². The minimum atomic E-state index is -3.10. The van der Waals surface area contributed by atoms with Crippen molar-refractivity contribution in [3.63, 3.8) is 0 Å². The molecule has 7 heteroatoms. The van der Waals surface area contributed by atoms with Crippen molar-refractivity contribution in [3.8, 4) is 0 Å². The van der Waals surface area contributed by atoms with Crippen molar-refractivity contribution in [2.24, 2.45) is 0 Å². The first-order valence-corrected chi connectivity index (χ1v) is 8.96. The Morgan fingerprint density at radius 1 is 1.48 bits per heavy atom. The first-order valence-electron chi connectivity index (χ1n) is 6.76. The van der Waals surface area contributed by atoms with E-state index >= 15 is 0 Å². The molecule has 116 valence electrons. The number of nitrogens with zero attached hydrogens (tertiary/aromatic N) is 1. The molecule has 21 heavy (non-hydrogen) atoms. The quantitative estimate of drug-likeness (QED) is 0.854. The van der Waals surface area contributed by atoms with Gasteiger partial charge < -0.3 is 4.74 Å². The van der Waals surface area contributed by atoms with Crippen molar-refractivity contribution >= 4 is 33.2 Å². The van der Waals surface area contributed by atoms with Crippen LogP contribution in [-0.2, 0) is 14.6 Å². The molecular weight excluding hydrogens is 314 g/mol. The molecule has 0 saturated carbocycles. The smallest absolute Gasteiger partial charge is 0.414 e. The number of anilines is 1. The molecular formula is C14H18ClNO4S. The number of benzene rings is 1. The van der Waals surface area contributed by atoms with Crippen LogP contribution in [0.4, 0.5) is 10.5 Å².